The van der Waals surface area contributed by atoms with Crippen molar-refractivity contribution in [1.82, 2.24) is 10.3 Å². The summed E-state index contributed by atoms with van der Waals surface area (Å²) >= 11 is 0. The molecule has 1 aromatic heterocycles. The van der Waals surface area contributed by atoms with E-state index < -0.39 is 0 Å². The molecule has 0 saturated heterocycles. The summed E-state index contributed by atoms with van der Waals surface area (Å²) in [6, 6.07) is 0.450. The van der Waals surface area contributed by atoms with Gasteiger partial charge in [-0.1, -0.05) is 33.6 Å². The van der Waals surface area contributed by atoms with Gasteiger partial charge in [0, 0.05) is 12.6 Å². The monoisotopic (exact) mass is 226 g/mol. The van der Waals surface area contributed by atoms with Crippen molar-refractivity contribution in [2.24, 2.45) is 0 Å². The third-order valence-electron chi connectivity index (χ3n) is 2.20. The number of oxazole rings is 1. The lowest BCUT2D eigenvalue weighted by atomic mass is 10.3. The number of hydrogen-bond acceptors (Lipinski definition) is 4. The molecule has 1 aromatic rings. The molecule has 16 heavy (non-hydrogen) atoms. The van der Waals surface area contributed by atoms with Crippen LogP contribution >= 0.6 is 0 Å². The minimum absolute atomic E-state index is 0.386. The van der Waals surface area contributed by atoms with Crippen molar-refractivity contribution in [3.63, 3.8) is 0 Å². The van der Waals surface area contributed by atoms with Gasteiger partial charge in [0.1, 0.15) is 6.26 Å². The molecular weight excluding hydrogens is 204 g/mol. The van der Waals surface area contributed by atoms with E-state index in [1.807, 2.05) is 0 Å². The Morgan fingerprint density at radius 3 is 2.94 bits per heavy atom. The molecule has 1 N–H and O–H groups in total. The number of hydrogen-bond donors (Lipinski definition) is 1. The highest BCUT2D eigenvalue weighted by Crippen LogP contribution is 2.10. The third-order valence-corrected chi connectivity index (χ3v) is 2.20. The van der Waals surface area contributed by atoms with Crippen LogP contribution < -0.4 is 10.1 Å². The van der Waals surface area contributed by atoms with Gasteiger partial charge in [-0.05, 0) is 6.42 Å². The maximum Gasteiger partial charge on any atom is 0.393 e. The molecule has 0 bridgehead atoms. The number of nitrogens with zero attached hydrogens (tertiary/aromatic N) is 1. The predicted octanol–water partition coefficient (Wildman–Crippen LogP) is 2.74. The van der Waals surface area contributed by atoms with Gasteiger partial charge in [-0.15, -0.1) is 0 Å². The Hall–Kier alpha value is -1.03. The van der Waals surface area contributed by atoms with Crippen molar-refractivity contribution in [3.05, 3.63) is 12.0 Å². The van der Waals surface area contributed by atoms with Crippen LogP contribution in [0, 0.1) is 0 Å². The van der Waals surface area contributed by atoms with Crippen molar-refractivity contribution >= 4 is 0 Å². The molecule has 1 rings (SSSR count). The highest BCUT2D eigenvalue weighted by atomic mass is 16.6. The highest BCUT2D eigenvalue weighted by Gasteiger charge is 2.04. The Morgan fingerprint density at radius 2 is 2.25 bits per heavy atom. The van der Waals surface area contributed by atoms with Gasteiger partial charge in [-0.2, -0.15) is 4.98 Å². The van der Waals surface area contributed by atoms with E-state index in [4.69, 9.17) is 9.15 Å². The molecule has 4 nitrogen and oxygen atoms in total. The number of ether oxygens (including phenoxy) is 1. The lowest BCUT2D eigenvalue weighted by Crippen LogP contribution is -2.21. The summed E-state index contributed by atoms with van der Waals surface area (Å²) in [4.78, 5) is 4.23. The maximum atomic E-state index is 5.39. The largest absolute Gasteiger partial charge is 0.450 e. The lowest BCUT2D eigenvalue weighted by molar-refractivity contribution is 0.224. The van der Waals surface area contributed by atoms with Gasteiger partial charge in [0.25, 0.3) is 0 Å². The zero-order valence-electron chi connectivity index (χ0n) is 10.5. The van der Waals surface area contributed by atoms with E-state index in [-0.39, 0.29) is 0 Å². The number of rotatable bonds is 8. The SMILES string of the molecule is CCCCCOc1nc(CNC(C)C)co1. The summed E-state index contributed by atoms with van der Waals surface area (Å²) in [5.41, 5.74) is 0.888. The standard InChI is InChI=1S/C12H22N2O2/c1-4-5-6-7-15-12-14-11(9-16-12)8-13-10(2)3/h9-10,13H,4-8H2,1-3H3. The van der Waals surface area contributed by atoms with Gasteiger partial charge in [0.05, 0.1) is 12.3 Å². The fraction of sp³-hybridized carbons (Fsp3) is 0.750. The van der Waals surface area contributed by atoms with Gasteiger partial charge in [0.2, 0.25) is 0 Å². The molecule has 1 heterocycles. The van der Waals surface area contributed by atoms with E-state index >= 15 is 0 Å². The molecule has 0 aliphatic heterocycles. The molecule has 0 aromatic carbocycles. The molecule has 0 amide bonds. The third kappa shape index (κ3) is 5.16. The van der Waals surface area contributed by atoms with E-state index in [1.54, 1.807) is 6.26 Å². The average Bonchev–Trinajstić information content (AvgIpc) is 2.70. The van der Waals surface area contributed by atoms with Crippen LogP contribution in [0.5, 0.6) is 6.08 Å². The molecule has 0 spiro atoms. The van der Waals surface area contributed by atoms with E-state index in [0.717, 1.165) is 18.7 Å². The van der Waals surface area contributed by atoms with Gasteiger partial charge in [-0.25, -0.2) is 0 Å². The van der Waals surface area contributed by atoms with Gasteiger partial charge < -0.3 is 14.5 Å². The summed E-state index contributed by atoms with van der Waals surface area (Å²) in [5, 5.41) is 3.27. The van der Waals surface area contributed by atoms with E-state index in [0.29, 0.717) is 18.7 Å². The quantitative estimate of drug-likeness (QED) is 0.692. The Labute approximate surface area is 97.4 Å². The van der Waals surface area contributed by atoms with Crippen molar-refractivity contribution in [2.45, 2.75) is 52.6 Å². The summed E-state index contributed by atoms with van der Waals surface area (Å²) < 4.78 is 10.6. The smallest absolute Gasteiger partial charge is 0.393 e. The van der Waals surface area contributed by atoms with Crippen LogP contribution in [0.1, 0.15) is 45.7 Å². The molecule has 92 valence electrons. The Bertz CT molecular complexity index is 284. The van der Waals surface area contributed by atoms with Crippen molar-refractivity contribution in [1.29, 1.82) is 0 Å². The van der Waals surface area contributed by atoms with Crippen LogP contribution in [0.4, 0.5) is 0 Å². The van der Waals surface area contributed by atoms with Crippen LogP contribution in [-0.4, -0.2) is 17.6 Å². The number of unbranched alkanes of at least 4 members (excludes halogenated alkanes) is 2. The van der Waals surface area contributed by atoms with Crippen molar-refractivity contribution in [2.75, 3.05) is 6.61 Å². The molecule has 0 aliphatic carbocycles. The van der Waals surface area contributed by atoms with E-state index in [2.05, 4.69) is 31.1 Å². The minimum Gasteiger partial charge on any atom is -0.450 e. The highest BCUT2D eigenvalue weighted by molar-refractivity contribution is 4.99. The van der Waals surface area contributed by atoms with E-state index in [9.17, 15) is 0 Å². The van der Waals surface area contributed by atoms with Crippen LogP contribution in [-0.2, 0) is 6.54 Å². The molecule has 0 atom stereocenters. The summed E-state index contributed by atoms with van der Waals surface area (Å²) in [5.74, 6) is 0. The van der Waals surface area contributed by atoms with E-state index in [1.165, 1.54) is 12.8 Å². The van der Waals surface area contributed by atoms with Crippen molar-refractivity contribution < 1.29 is 9.15 Å². The second-order valence-corrected chi connectivity index (χ2v) is 4.20. The minimum atomic E-state index is 0.386. The summed E-state index contributed by atoms with van der Waals surface area (Å²) in [7, 11) is 0. The van der Waals surface area contributed by atoms with Gasteiger partial charge in [-0.3, -0.25) is 0 Å². The first-order chi connectivity index (χ1) is 7.72. The Kier molecular flexibility index (Phi) is 5.93. The molecule has 0 saturated carbocycles. The van der Waals surface area contributed by atoms with Crippen molar-refractivity contribution in [3.8, 4) is 6.08 Å². The van der Waals surface area contributed by atoms with Gasteiger partial charge >= 0.3 is 6.08 Å². The molecule has 0 unspecified atom stereocenters. The Balaban J connectivity index is 2.22. The predicted molar refractivity (Wildman–Crippen MR) is 63.5 cm³/mol. The normalized spacial score (nSPS) is 11.0. The molecule has 4 heteroatoms. The first-order valence-electron chi connectivity index (χ1n) is 6.03. The molecule has 0 aliphatic rings. The Morgan fingerprint density at radius 1 is 1.44 bits per heavy atom. The first-order valence-corrected chi connectivity index (χ1v) is 6.03. The fourth-order valence-electron chi connectivity index (χ4n) is 1.26. The summed E-state index contributed by atoms with van der Waals surface area (Å²) in [6.45, 7) is 7.77. The number of nitrogens with one attached hydrogen (secondary N) is 1. The zero-order valence-corrected chi connectivity index (χ0v) is 10.5. The average molecular weight is 226 g/mol. The molecule has 0 radical (unpaired) electrons. The van der Waals surface area contributed by atoms with Crippen LogP contribution in [0.3, 0.4) is 0 Å². The first kappa shape index (κ1) is 13.0. The fourth-order valence-corrected chi connectivity index (χ4v) is 1.26. The topological polar surface area (TPSA) is 47.3 Å². The summed E-state index contributed by atoms with van der Waals surface area (Å²) in [6.07, 6.45) is 5.46. The zero-order chi connectivity index (χ0) is 11.8. The number of aromatic nitrogens is 1. The van der Waals surface area contributed by atoms with Crippen LogP contribution in [0.25, 0.3) is 0 Å². The second-order valence-electron chi connectivity index (χ2n) is 4.20. The maximum absolute atomic E-state index is 5.39. The van der Waals surface area contributed by atoms with Crippen LogP contribution in [0.2, 0.25) is 0 Å². The van der Waals surface area contributed by atoms with Gasteiger partial charge in [0.15, 0.2) is 0 Å². The van der Waals surface area contributed by atoms with Crippen LogP contribution in [0.15, 0.2) is 10.7 Å². The molecular formula is C12H22N2O2. The lowest BCUT2D eigenvalue weighted by Gasteiger charge is -2.04. The second kappa shape index (κ2) is 7.28. The molecule has 0 fully saturated rings.